The minimum atomic E-state index is 0.620. The second kappa shape index (κ2) is 7.85. The molecule has 0 saturated carbocycles. The van der Waals surface area contributed by atoms with Gasteiger partial charge in [0.1, 0.15) is 0 Å². The van der Waals surface area contributed by atoms with E-state index in [1.807, 2.05) is 31.4 Å². The van der Waals surface area contributed by atoms with Crippen molar-refractivity contribution in [3.8, 4) is 0 Å². The van der Waals surface area contributed by atoms with Crippen LogP contribution in [0.5, 0.6) is 0 Å². The maximum Gasteiger partial charge on any atom is 0.193 e. The Hall–Kier alpha value is -1.62. The summed E-state index contributed by atoms with van der Waals surface area (Å²) < 4.78 is 5.42. The fourth-order valence-corrected chi connectivity index (χ4v) is 2.43. The van der Waals surface area contributed by atoms with Crippen molar-refractivity contribution in [1.82, 2.24) is 15.2 Å². The van der Waals surface area contributed by atoms with Crippen LogP contribution >= 0.6 is 0 Å². The lowest BCUT2D eigenvalue weighted by atomic mass is 10.1. The monoisotopic (exact) mass is 276 g/mol. The third-order valence-electron chi connectivity index (χ3n) is 3.52. The van der Waals surface area contributed by atoms with Gasteiger partial charge in [-0.3, -0.25) is 9.98 Å². The van der Waals surface area contributed by atoms with Gasteiger partial charge in [0.15, 0.2) is 5.96 Å². The zero-order valence-corrected chi connectivity index (χ0v) is 12.4. The number of pyridine rings is 1. The zero-order chi connectivity index (χ0) is 14.2. The van der Waals surface area contributed by atoms with E-state index in [1.54, 1.807) is 0 Å². The number of aromatic nitrogens is 1. The van der Waals surface area contributed by atoms with E-state index in [4.69, 9.17) is 4.74 Å². The highest BCUT2D eigenvalue weighted by molar-refractivity contribution is 5.79. The average molecular weight is 276 g/mol. The molecule has 1 fully saturated rings. The lowest BCUT2D eigenvalue weighted by Crippen LogP contribution is -2.42. The highest BCUT2D eigenvalue weighted by Gasteiger charge is 2.18. The molecule has 110 valence electrons. The molecule has 1 aromatic rings. The number of hydrogen-bond acceptors (Lipinski definition) is 3. The molecule has 0 spiro atoms. The molecule has 5 heteroatoms. The van der Waals surface area contributed by atoms with Crippen LogP contribution in [0.25, 0.3) is 0 Å². The second-order valence-corrected chi connectivity index (χ2v) is 5.16. The van der Waals surface area contributed by atoms with Gasteiger partial charge in [-0.2, -0.15) is 0 Å². The molecule has 0 aliphatic carbocycles. The van der Waals surface area contributed by atoms with E-state index in [1.165, 1.54) is 0 Å². The number of nitrogens with one attached hydrogen (secondary N) is 1. The molecule has 0 radical (unpaired) electrons. The number of ether oxygens (including phenoxy) is 1. The first kappa shape index (κ1) is 14.8. The number of nitrogens with zero attached hydrogens (tertiary/aromatic N) is 3. The molecule has 1 atom stereocenters. The second-order valence-electron chi connectivity index (χ2n) is 5.16. The lowest BCUT2D eigenvalue weighted by molar-refractivity contribution is 0.181. The van der Waals surface area contributed by atoms with Crippen molar-refractivity contribution < 1.29 is 4.74 Å². The molecule has 1 N–H and O–H groups in total. The zero-order valence-electron chi connectivity index (χ0n) is 12.4. The minimum Gasteiger partial charge on any atom is -0.381 e. The average Bonchev–Trinajstić information content (AvgIpc) is 2.97. The molecule has 1 saturated heterocycles. The maximum absolute atomic E-state index is 5.42. The van der Waals surface area contributed by atoms with E-state index in [2.05, 4.69) is 27.2 Å². The Labute approximate surface area is 121 Å². The van der Waals surface area contributed by atoms with Crippen molar-refractivity contribution in [3.63, 3.8) is 0 Å². The first-order valence-corrected chi connectivity index (χ1v) is 7.19. The van der Waals surface area contributed by atoms with E-state index in [0.29, 0.717) is 5.92 Å². The largest absolute Gasteiger partial charge is 0.381 e. The van der Waals surface area contributed by atoms with Gasteiger partial charge < -0.3 is 15.0 Å². The fourth-order valence-electron chi connectivity index (χ4n) is 2.43. The summed E-state index contributed by atoms with van der Waals surface area (Å²) in [4.78, 5) is 10.8. The van der Waals surface area contributed by atoms with Crippen molar-refractivity contribution in [1.29, 1.82) is 0 Å². The van der Waals surface area contributed by atoms with E-state index in [9.17, 15) is 0 Å². The maximum atomic E-state index is 5.42. The summed E-state index contributed by atoms with van der Waals surface area (Å²) in [5.74, 6) is 1.56. The van der Waals surface area contributed by atoms with Crippen molar-refractivity contribution in [2.24, 2.45) is 10.9 Å². The van der Waals surface area contributed by atoms with Gasteiger partial charge in [-0.25, -0.2) is 0 Å². The molecule has 2 rings (SSSR count). The smallest absolute Gasteiger partial charge is 0.193 e. The number of guanidine groups is 1. The van der Waals surface area contributed by atoms with Gasteiger partial charge in [0.25, 0.3) is 0 Å². The third kappa shape index (κ3) is 4.49. The van der Waals surface area contributed by atoms with Crippen molar-refractivity contribution in [2.45, 2.75) is 12.8 Å². The first-order valence-electron chi connectivity index (χ1n) is 7.19. The van der Waals surface area contributed by atoms with Gasteiger partial charge in [-0.05, 0) is 18.6 Å². The first-order chi connectivity index (χ1) is 9.79. The molecule has 20 heavy (non-hydrogen) atoms. The van der Waals surface area contributed by atoms with Gasteiger partial charge in [-0.15, -0.1) is 0 Å². The van der Waals surface area contributed by atoms with Gasteiger partial charge >= 0.3 is 0 Å². The molecule has 0 amide bonds. The number of aliphatic imine (C=N–C) groups is 1. The summed E-state index contributed by atoms with van der Waals surface area (Å²) in [5.41, 5.74) is 1.10. The van der Waals surface area contributed by atoms with E-state index in [-0.39, 0.29) is 0 Å². The quantitative estimate of drug-likeness (QED) is 0.648. The standard InChI is InChI=1S/C15H24N4O/c1-16-15(19(2)11-13-7-10-20-12-13)18-9-6-14-5-3-4-8-17-14/h3-5,8,13H,6-7,9-12H2,1-2H3,(H,16,18). The molecule has 1 aliphatic heterocycles. The highest BCUT2D eigenvalue weighted by Crippen LogP contribution is 2.13. The van der Waals surface area contributed by atoms with Crippen molar-refractivity contribution >= 4 is 5.96 Å². The van der Waals surface area contributed by atoms with E-state index < -0.39 is 0 Å². The summed E-state index contributed by atoms with van der Waals surface area (Å²) in [6.07, 6.45) is 3.88. The summed E-state index contributed by atoms with van der Waals surface area (Å²) in [5, 5.41) is 3.39. The topological polar surface area (TPSA) is 49.8 Å². The van der Waals surface area contributed by atoms with Crippen LogP contribution in [0.4, 0.5) is 0 Å². The van der Waals surface area contributed by atoms with Crippen LogP contribution in [0, 0.1) is 5.92 Å². The van der Waals surface area contributed by atoms with Gasteiger partial charge in [0.05, 0.1) is 6.61 Å². The molecule has 0 aromatic carbocycles. The predicted octanol–water partition coefficient (Wildman–Crippen LogP) is 1.17. The Morgan fingerprint density at radius 1 is 1.55 bits per heavy atom. The van der Waals surface area contributed by atoms with Crippen LogP contribution in [0.15, 0.2) is 29.4 Å². The van der Waals surface area contributed by atoms with Crippen LogP contribution in [0.1, 0.15) is 12.1 Å². The number of hydrogen-bond donors (Lipinski definition) is 1. The molecule has 2 heterocycles. The summed E-state index contributed by atoms with van der Waals surface area (Å²) in [6, 6.07) is 6.00. The highest BCUT2D eigenvalue weighted by atomic mass is 16.5. The van der Waals surface area contributed by atoms with Gasteiger partial charge in [0.2, 0.25) is 0 Å². The lowest BCUT2D eigenvalue weighted by Gasteiger charge is -2.24. The van der Waals surface area contributed by atoms with Crippen molar-refractivity contribution in [3.05, 3.63) is 30.1 Å². The molecule has 1 aromatic heterocycles. The molecule has 1 aliphatic rings. The predicted molar refractivity (Wildman–Crippen MR) is 80.9 cm³/mol. The minimum absolute atomic E-state index is 0.620. The fraction of sp³-hybridized carbons (Fsp3) is 0.600. The Kier molecular flexibility index (Phi) is 5.80. The molecular formula is C15H24N4O. The van der Waals surface area contributed by atoms with Crippen LogP contribution in [-0.4, -0.2) is 56.2 Å². The van der Waals surface area contributed by atoms with Crippen LogP contribution in [0.2, 0.25) is 0 Å². The number of rotatable bonds is 5. The molecule has 1 unspecified atom stereocenters. The molecular weight excluding hydrogens is 252 g/mol. The Bertz CT molecular complexity index is 415. The molecule has 5 nitrogen and oxygen atoms in total. The Morgan fingerprint density at radius 2 is 2.45 bits per heavy atom. The SMILES string of the molecule is CN=C(NCCc1ccccn1)N(C)CC1CCOC1. The summed E-state index contributed by atoms with van der Waals surface area (Å²) >= 11 is 0. The van der Waals surface area contributed by atoms with Gasteiger partial charge in [0, 0.05) is 58.0 Å². The summed E-state index contributed by atoms with van der Waals surface area (Å²) in [7, 11) is 3.90. The van der Waals surface area contributed by atoms with Crippen LogP contribution < -0.4 is 5.32 Å². The molecule has 0 bridgehead atoms. The summed E-state index contributed by atoms with van der Waals surface area (Å²) in [6.45, 7) is 3.60. The van der Waals surface area contributed by atoms with Crippen molar-refractivity contribution in [2.75, 3.05) is 40.4 Å². The van der Waals surface area contributed by atoms with Crippen LogP contribution in [-0.2, 0) is 11.2 Å². The Morgan fingerprint density at radius 3 is 3.10 bits per heavy atom. The van der Waals surface area contributed by atoms with E-state index >= 15 is 0 Å². The van der Waals surface area contributed by atoms with E-state index in [0.717, 1.165) is 50.8 Å². The third-order valence-corrected chi connectivity index (χ3v) is 3.52. The Balaban J connectivity index is 1.74. The van der Waals surface area contributed by atoms with Gasteiger partial charge in [-0.1, -0.05) is 6.07 Å². The van der Waals surface area contributed by atoms with Crippen LogP contribution in [0.3, 0.4) is 0 Å². The normalized spacial score (nSPS) is 19.1.